The quantitative estimate of drug-likeness (QED) is 0.0594. The van der Waals surface area contributed by atoms with E-state index in [0.717, 1.165) is 103 Å². The van der Waals surface area contributed by atoms with Crippen LogP contribution in [-0.4, -0.2) is 45.9 Å². The first-order chi connectivity index (χ1) is 36.8. The Morgan fingerprint density at radius 3 is 1.35 bits per heavy atom. The van der Waals surface area contributed by atoms with Gasteiger partial charge in [0.25, 0.3) is 11.8 Å². The molecule has 75 heavy (non-hydrogen) atoms. The lowest BCUT2D eigenvalue weighted by Gasteiger charge is -2.39. The third-order valence-electron chi connectivity index (χ3n) is 15.0. The van der Waals surface area contributed by atoms with E-state index in [4.69, 9.17) is 5.10 Å². The molecule has 0 unspecified atom stereocenters. The van der Waals surface area contributed by atoms with Crippen LogP contribution in [0.3, 0.4) is 0 Å². The van der Waals surface area contributed by atoms with Gasteiger partial charge in [0, 0.05) is 82.3 Å². The van der Waals surface area contributed by atoms with Crippen LogP contribution in [0.15, 0.2) is 194 Å². The van der Waals surface area contributed by atoms with Crippen molar-refractivity contribution in [3.63, 3.8) is 0 Å². The third-order valence-corrected chi connectivity index (χ3v) is 15.0. The van der Waals surface area contributed by atoms with E-state index in [0.29, 0.717) is 23.6 Å². The van der Waals surface area contributed by atoms with Crippen molar-refractivity contribution >= 4 is 68.2 Å². The first-order valence-electron chi connectivity index (χ1n) is 27.0. The van der Waals surface area contributed by atoms with Crippen LogP contribution in [0.1, 0.15) is 86.9 Å². The number of benzene rings is 8. The maximum absolute atomic E-state index is 13.1. The van der Waals surface area contributed by atoms with Gasteiger partial charge in [-0.15, -0.1) is 0 Å². The van der Waals surface area contributed by atoms with Crippen molar-refractivity contribution in [2.75, 3.05) is 29.4 Å². The second-order valence-corrected chi connectivity index (χ2v) is 20.3. The van der Waals surface area contributed by atoms with Gasteiger partial charge in [-0.1, -0.05) is 155 Å². The van der Waals surface area contributed by atoms with E-state index >= 15 is 0 Å². The van der Waals surface area contributed by atoms with Gasteiger partial charge < -0.3 is 24.5 Å². The fourth-order valence-corrected chi connectivity index (χ4v) is 11.5. The van der Waals surface area contributed by atoms with Crippen LogP contribution in [0.2, 0.25) is 0 Å². The topological polar surface area (TPSA) is 66.1 Å². The minimum absolute atomic E-state index is 0.172. The van der Waals surface area contributed by atoms with Gasteiger partial charge >= 0.3 is 0 Å². The summed E-state index contributed by atoms with van der Waals surface area (Å²) in [5.41, 5.74) is 17.5. The molecule has 1 aromatic heterocycles. The maximum atomic E-state index is 13.1. The number of aromatic nitrogens is 2. The van der Waals surface area contributed by atoms with Crippen molar-refractivity contribution in [2.24, 2.45) is 5.92 Å². The van der Waals surface area contributed by atoms with Gasteiger partial charge in [-0.3, -0.25) is 14.5 Å². The Balaban J connectivity index is 1.02. The van der Waals surface area contributed by atoms with Crippen LogP contribution in [0.5, 0.6) is 0 Å². The molecule has 8 aromatic carbocycles. The highest BCUT2D eigenvalue weighted by Crippen LogP contribution is 2.40. The van der Waals surface area contributed by atoms with E-state index in [-0.39, 0.29) is 11.8 Å². The molecule has 0 saturated carbocycles. The number of nitrogens with zero attached hydrogens (tertiary/aromatic N) is 6. The summed E-state index contributed by atoms with van der Waals surface area (Å²) in [7, 11) is 0. The molecule has 11 rings (SSSR count). The molecule has 0 aliphatic carbocycles. The van der Waals surface area contributed by atoms with Crippen LogP contribution in [0, 0.1) is 5.92 Å². The summed E-state index contributed by atoms with van der Waals surface area (Å²) in [6, 6.07) is 68.0. The van der Waals surface area contributed by atoms with Crippen molar-refractivity contribution < 1.29 is 9.59 Å². The number of amides is 2. The molecule has 8 nitrogen and oxygen atoms in total. The van der Waals surface area contributed by atoms with Gasteiger partial charge in [-0.25, -0.2) is 0 Å². The average Bonchev–Trinajstić information content (AvgIpc) is 3.69. The predicted molar refractivity (Wildman–Crippen MR) is 309 cm³/mol. The molecule has 9 aromatic rings. The highest BCUT2D eigenvalue weighted by molar-refractivity contribution is 6.21. The van der Waals surface area contributed by atoms with Gasteiger partial charge in [0.05, 0.1) is 11.1 Å². The number of fused-ring (bicyclic) bond motifs is 3. The molecule has 2 amide bonds. The summed E-state index contributed by atoms with van der Waals surface area (Å²) in [5, 5.41) is 8.11. The number of imide groups is 1. The number of carbonyl (C=O) groups excluding carboxylic acids is 2. The van der Waals surface area contributed by atoms with Crippen molar-refractivity contribution in [3.05, 3.63) is 216 Å². The molecular formula is C67H65N6O2-. The number of anilines is 6. The van der Waals surface area contributed by atoms with E-state index < -0.39 is 0 Å². The van der Waals surface area contributed by atoms with Crippen molar-refractivity contribution in [1.29, 1.82) is 0 Å². The number of hydrogen-bond donors (Lipinski definition) is 0. The second-order valence-electron chi connectivity index (χ2n) is 20.3. The molecule has 3 heterocycles. The second kappa shape index (κ2) is 21.6. The fraction of sp³-hybridized carbons (Fsp3) is 0.224. The average molecular weight is 986 g/mol. The summed E-state index contributed by atoms with van der Waals surface area (Å²) in [5.74, 6) is 0.0494. The Labute approximate surface area is 441 Å². The largest absolute Gasteiger partial charge is 0.593 e. The molecule has 0 N–H and O–H groups in total. The van der Waals surface area contributed by atoms with Gasteiger partial charge in [-0.05, 0) is 144 Å². The van der Waals surface area contributed by atoms with E-state index in [1.807, 2.05) is 12.1 Å². The van der Waals surface area contributed by atoms with Gasteiger partial charge in [0.2, 0.25) is 0 Å². The number of hydrogen-bond acceptors (Lipinski definition) is 5. The fourth-order valence-electron chi connectivity index (χ4n) is 11.5. The van der Waals surface area contributed by atoms with Crippen LogP contribution in [-0.2, 0) is 6.54 Å². The van der Waals surface area contributed by atoms with Crippen LogP contribution < -0.4 is 25.3 Å². The molecule has 0 saturated heterocycles. The van der Waals surface area contributed by atoms with Crippen molar-refractivity contribution in [3.8, 4) is 22.3 Å². The monoisotopic (exact) mass is 986 g/mol. The van der Waals surface area contributed by atoms with Crippen LogP contribution in [0.4, 0.5) is 34.1 Å². The Morgan fingerprint density at radius 1 is 0.480 bits per heavy atom. The highest BCUT2D eigenvalue weighted by atomic mass is 16.2. The SMILES string of the molecule is CCC1=c2c(-c3ccc(N(c4ccccc4)c4ccccc4)cc3)c3[n-]n(CC(C)C)c3c(-c3ccc(N(c4ccccc4)c4ccccc4)cc3)c2=C(CC)N(CCCCCCN2C(=O)c3ccccc3C2=O)C1. The first-order valence-corrected chi connectivity index (χ1v) is 27.0. The Morgan fingerprint density at radius 2 is 0.907 bits per heavy atom. The van der Waals surface area contributed by atoms with Crippen LogP contribution in [0.25, 0.3) is 44.6 Å². The van der Waals surface area contributed by atoms with E-state index in [2.05, 4.69) is 217 Å². The lowest BCUT2D eigenvalue weighted by Crippen LogP contribution is -2.46. The molecule has 376 valence electrons. The maximum Gasteiger partial charge on any atom is 0.261 e. The number of para-hydroxylation sites is 4. The summed E-state index contributed by atoms with van der Waals surface area (Å²) in [6.45, 7) is 12.2. The Bertz CT molecular complexity index is 3470. The van der Waals surface area contributed by atoms with Crippen LogP contribution >= 0.6 is 0 Å². The first kappa shape index (κ1) is 48.9. The lowest BCUT2D eigenvalue weighted by atomic mass is 9.86. The standard InChI is InChI=1S/C67H65N6O2/c1-5-48-46-69(43-23-7-8-24-44-70-66(74)57-33-21-22-34-58(57)67(70)75)59(6-2)63-60(48)61(49-35-39-55(40-36-49)72(51-25-13-9-14-26-51)52-27-15-10-16-28-52)64-65(71(68-64)45-47(3)4)62(63)50-37-41-56(42-38-50)73(53-29-17-11-18-30-53)54-31-19-12-20-32-54/h9-22,25-42,47H,5-8,23-24,43-46H2,1-4H3/q-1. The highest BCUT2D eigenvalue weighted by Gasteiger charge is 2.34. The minimum atomic E-state index is -0.172. The smallest absolute Gasteiger partial charge is 0.261 e. The summed E-state index contributed by atoms with van der Waals surface area (Å²) >= 11 is 0. The van der Waals surface area contributed by atoms with Crippen molar-refractivity contribution in [1.82, 2.24) is 19.6 Å². The van der Waals surface area contributed by atoms with E-state index in [1.165, 1.54) is 48.8 Å². The summed E-state index contributed by atoms with van der Waals surface area (Å²) < 4.78 is 2.28. The normalized spacial score (nSPS) is 13.3. The van der Waals surface area contributed by atoms with E-state index in [9.17, 15) is 9.59 Å². The minimum Gasteiger partial charge on any atom is -0.593 e. The molecule has 0 radical (unpaired) electrons. The van der Waals surface area contributed by atoms with Crippen molar-refractivity contribution in [2.45, 2.75) is 72.8 Å². The number of rotatable bonds is 19. The molecule has 0 fully saturated rings. The molecule has 2 aliphatic heterocycles. The third kappa shape index (κ3) is 9.46. The summed E-state index contributed by atoms with van der Waals surface area (Å²) in [6.07, 6.45) is 5.50. The number of carbonyl (C=O) groups is 2. The predicted octanol–water partition coefficient (Wildman–Crippen LogP) is 14.8. The molecular weight excluding hydrogens is 921 g/mol. The molecule has 0 spiro atoms. The number of unbranched alkanes of at least 4 members (excludes halogenated alkanes) is 3. The zero-order valence-electron chi connectivity index (χ0n) is 43.6. The molecule has 8 heteroatoms. The molecule has 2 aliphatic rings. The summed E-state index contributed by atoms with van der Waals surface area (Å²) in [4.78, 5) is 35.0. The Kier molecular flexibility index (Phi) is 14.1. The zero-order chi connectivity index (χ0) is 51.4. The van der Waals surface area contributed by atoms with Gasteiger partial charge in [-0.2, -0.15) is 0 Å². The zero-order valence-corrected chi connectivity index (χ0v) is 43.6. The van der Waals surface area contributed by atoms with Gasteiger partial charge in [0.1, 0.15) is 0 Å². The van der Waals surface area contributed by atoms with E-state index in [1.54, 1.807) is 12.1 Å². The lowest BCUT2D eigenvalue weighted by molar-refractivity contribution is 0.0651. The van der Waals surface area contributed by atoms with Gasteiger partial charge in [0.15, 0.2) is 0 Å². The Hall–Kier alpha value is -8.36. The molecule has 0 atom stereocenters. The molecule has 0 bridgehead atoms.